The molecule has 0 atom stereocenters. The van der Waals surface area contributed by atoms with E-state index in [-0.39, 0.29) is 0 Å². The van der Waals surface area contributed by atoms with Crippen molar-refractivity contribution in [2.45, 2.75) is 6.92 Å². The molecule has 3 aromatic rings. The summed E-state index contributed by atoms with van der Waals surface area (Å²) < 4.78 is 2.25. The predicted molar refractivity (Wildman–Crippen MR) is 85.2 cm³/mol. The Bertz CT molecular complexity index is 803. The molecule has 0 saturated heterocycles. The van der Waals surface area contributed by atoms with Gasteiger partial charge in [-0.25, -0.2) is 0 Å². The first-order chi connectivity index (χ1) is 9.26. The first kappa shape index (κ1) is 11.8. The van der Waals surface area contributed by atoms with Crippen molar-refractivity contribution in [1.29, 1.82) is 0 Å². The standard InChI is InChI=1S/C18H17N/c1-4-8-14-11-16-15-9-6-7-10-17(15)19(3)18(16)12-13(14)5-2/h4-12H,2H2,1,3H3/b8-4-. The molecule has 0 spiro atoms. The van der Waals surface area contributed by atoms with Gasteiger partial charge < -0.3 is 4.57 Å². The summed E-state index contributed by atoms with van der Waals surface area (Å²) in [6.07, 6.45) is 6.13. The van der Waals surface area contributed by atoms with Crippen molar-refractivity contribution in [3.63, 3.8) is 0 Å². The van der Waals surface area contributed by atoms with Crippen molar-refractivity contribution >= 4 is 34.0 Å². The molecule has 94 valence electrons. The molecular weight excluding hydrogens is 230 g/mol. The number of hydrogen-bond acceptors (Lipinski definition) is 0. The van der Waals surface area contributed by atoms with Gasteiger partial charge >= 0.3 is 0 Å². The highest BCUT2D eigenvalue weighted by Gasteiger charge is 2.09. The Morgan fingerprint density at radius 1 is 1.00 bits per heavy atom. The fraction of sp³-hybridized carbons (Fsp3) is 0.111. The number of rotatable bonds is 2. The molecule has 0 aliphatic rings. The number of allylic oxidation sites excluding steroid dienone is 1. The number of benzene rings is 2. The lowest BCUT2D eigenvalue weighted by Gasteiger charge is -2.04. The maximum absolute atomic E-state index is 3.92. The summed E-state index contributed by atoms with van der Waals surface area (Å²) in [4.78, 5) is 0. The summed E-state index contributed by atoms with van der Waals surface area (Å²) >= 11 is 0. The Morgan fingerprint density at radius 2 is 1.79 bits per heavy atom. The molecule has 0 unspecified atom stereocenters. The van der Waals surface area contributed by atoms with E-state index in [1.54, 1.807) is 0 Å². The summed E-state index contributed by atoms with van der Waals surface area (Å²) in [6, 6.07) is 13.0. The first-order valence-electron chi connectivity index (χ1n) is 6.52. The van der Waals surface area contributed by atoms with Crippen LogP contribution in [0.15, 0.2) is 49.1 Å². The molecule has 0 amide bonds. The van der Waals surface area contributed by atoms with Crippen LogP contribution in [0, 0.1) is 0 Å². The van der Waals surface area contributed by atoms with Gasteiger partial charge in [-0.3, -0.25) is 0 Å². The lowest BCUT2D eigenvalue weighted by molar-refractivity contribution is 1.01. The third-order valence-corrected chi connectivity index (χ3v) is 3.68. The molecule has 2 aromatic carbocycles. The fourth-order valence-corrected chi connectivity index (χ4v) is 2.74. The molecule has 1 aromatic heterocycles. The Labute approximate surface area is 113 Å². The third kappa shape index (κ3) is 1.70. The van der Waals surface area contributed by atoms with Gasteiger partial charge in [-0.2, -0.15) is 0 Å². The van der Waals surface area contributed by atoms with Gasteiger partial charge in [-0.15, -0.1) is 0 Å². The molecule has 0 aliphatic heterocycles. The van der Waals surface area contributed by atoms with Gasteiger partial charge in [0.2, 0.25) is 0 Å². The van der Waals surface area contributed by atoms with Crippen LogP contribution in [-0.2, 0) is 7.05 Å². The fourth-order valence-electron chi connectivity index (χ4n) is 2.74. The van der Waals surface area contributed by atoms with E-state index in [1.165, 1.54) is 32.9 Å². The van der Waals surface area contributed by atoms with Crippen molar-refractivity contribution in [2.75, 3.05) is 0 Å². The van der Waals surface area contributed by atoms with Crippen LogP contribution in [0.1, 0.15) is 18.1 Å². The van der Waals surface area contributed by atoms with E-state index >= 15 is 0 Å². The van der Waals surface area contributed by atoms with Gasteiger partial charge in [0.05, 0.1) is 0 Å². The minimum Gasteiger partial charge on any atom is -0.344 e. The van der Waals surface area contributed by atoms with Gasteiger partial charge in [0.1, 0.15) is 0 Å². The minimum atomic E-state index is 1.18. The molecule has 0 aliphatic carbocycles. The SMILES string of the molecule is C=Cc1cc2c(cc1/C=C\C)c1ccccc1n2C. The largest absolute Gasteiger partial charge is 0.344 e. The molecule has 1 heteroatoms. The van der Waals surface area contributed by atoms with E-state index < -0.39 is 0 Å². The molecule has 0 radical (unpaired) electrons. The maximum atomic E-state index is 3.92. The molecule has 0 N–H and O–H groups in total. The molecular formula is C18H17N. The average Bonchev–Trinajstić information content (AvgIpc) is 2.72. The summed E-state index contributed by atoms with van der Waals surface area (Å²) in [6.45, 7) is 5.96. The van der Waals surface area contributed by atoms with E-state index in [9.17, 15) is 0 Å². The highest BCUT2D eigenvalue weighted by Crippen LogP contribution is 2.31. The average molecular weight is 247 g/mol. The highest BCUT2D eigenvalue weighted by molar-refractivity contribution is 6.09. The predicted octanol–water partition coefficient (Wildman–Crippen LogP) is 5.01. The maximum Gasteiger partial charge on any atom is 0.0495 e. The number of nitrogens with zero attached hydrogens (tertiary/aromatic N) is 1. The van der Waals surface area contributed by atoms with Crippen LogP contribution in [0.4, 0.5) is 0 Å². The van der Waals surface area contributed by atoms with Gasteiger partial charge in [-0.1, -0.05) is 43.0 Å². The van der Waals surface area contributed by atoms with Crippen LogP contribution >= 0.6 is 0 Å². The van der Waals surface area contributed by atoms with Gasteiger partial charge in [0.15, 0.2) is 0 Å². The van der Waals surface area contributed by atoms with Crippen LogP contribution in [0.5, 0.6) is 0 Å². The van der Waals surface area contributed by atoms with Crippen LogP contribution in [-0.4, -0.2) is 4.57 Å². The van der Waals surface area contributed by atoms with Crippen molar-refractivity contribution in [3.05, 3.63) is 60.2 Å². The van der Waals surface area contributed by atoms with E-state index in [0.29, 0.717) is 0 Å². The van der Waals surface area contributed by atoms with Crippen molar-refractivity contribution < 1.29 is 0 Å². The number of hydrogen-bond donors (Lipinski definition) is 0. The van der Waals surface area contributed by atoms with Crippen LogP contribution in [0.2, 0.25) is 0 Å². The number of aromatic nitrogens is 1. The summed E-state index contributed by atoms with van der Waals surface area (Å²) in [5, 5.41) is 2.61. The van der Waals surface area contributed by atoms with Crippen molar-refractivity contribution in [2.24, 2.45) is 7.05 Å². The minimum absolute atomic E-state index is 1.18. The second kappa shape index (κ2) is 4.43. The Balaban J connectivity index is 2.50. The Hall–Kier alpha value is -2.28. The molecule has 19 heavy (non-hydrogen) atoms. The summed E-state index contributed by atoms with van der Waals surface area (Å²) in [5.41, 5.74) is 4.92. The number of fused-ring (bicyclic) bond motifs is 3. The zero-order valence-corrected chi connectivity index (χ0v) is 11.4. The Morgan fingerprint density at radius 3 is 2.53 bits per heavy atom. The molecule has 3 rings (SSSR count). The van der Waals surface area contributed by atoms with Crippen LogP contribution in [0.3, 0.4) is 0 Å². The van der Waals surface area contributed by atoms with Gasteiger partial charge in [0, 0.05) is 28.9 Å². The van der Waals surface area contributed by atoms with Gasteiger partial charge in [-0.05, 0) is 36.2 Å². The van der Waals surface area contributed by atoms with E-state index in [1.807, 2.05) is 13.0 Å². The van der Waals surface area contributed by atoms with Crippen molar-refractivity contribution in [1.82, 2.24) is 4.57 Å². The molecule has 1 nitrogen and oxygen atoms in total. The van der Waals surface area contributed by atoms with E-state index in [2.05, 4.69) is 66.7 Å². The number of para-hydroxylation sites is 1. The second-order valence-corrected chi connectivity index (χ2v) is 4.78. The summed E-state index contributed by atoms with van der Waals surface area (Å²) in [7, 11) is 2.12. The van der Waals surface area contributed by atoms with Gasteiger partial charge in [0.25, 0.3) is 0 Å². The quantitative estimate of drug-likeness (QED) is 0.600. The highest BCUT2D eigenvalue weighted by atomic mass is 14.9. The topological polar surface area (TPSA) is 4.93 Å². The smallest absolute Gasteiger partial charge is 0.0495 e. The zero-order valence-electron chi connectivity index (χ0n) is 11.4. The lowest BCUT2D eigenvalue weighted by Crippen LogP contribution is -1.88. The molecule has 0 fully saturated rings. The first-order valence-corrected chi connectivity index (χ1v) is 6.52. The third-order valence-electron chi connectivity index (χ3n) is 3.68. The second-order valence-electron chi connectivity index (χ2n) is 4.78. The number of aryl methyl sites for hydroxylation is 1. The Kier molecular flexibility index (Phi) is 2.75. The van der Waals surface area contributed by atoms with E-state index in [0.717, 1.165) is 0 Å². The lowest BCUT2D eigenvalue weighted by atomic mass is 10.0. The molecule has 0 bridgehead atoms. The van der Waals surface area contributed by atoms with Crippen LogP contribution in [0.25, 0.3) is 34.0 Å². The molecule has 0 saturated carbocycles. The zero-order chi connectivity index (χ0) is 13.4. The summed E-state index contributed by atoms with van der Waals surface area (Å²) in [5.74, 6) is 0. The normalized spacial score (nSPS) is 11.7. The van der Waals surface area contributed by atoms with Crippen LogP contribution < -0.4 is 0 Å². The molecule has 1 heterocycles. The monoisotopic (exact) mass is 247 g/mol. The van der Waals surface area contributed by atoms with E-state index in [4.69, 9.17) is 0 Å². The van der Waals surface area contributed by atoms with Crippen molar-refractivity contribution in [3.8, 4) is 0 Å².